The zero-order chi connectivity index (χ0) is 10.8. The molecular weight excluding hydrogens is 204 g/mol. The van der Waals surface area contributed by atoms with Crippen molar-refractivity contribution in [3.05, 3.63) is 36.2 Å². The van der Waals surface area contributed by atoms with Crippen molar-refractivity contribution in [3.63, 3.8) is 0 Å². The third kappa shape index (κ3) is 1.54. The predicted molar refractivity (Wildman–Crippen MR) is 57.1 cm³/mol. The minimum absolute atomic E-state index is 0.140. The largest absolute Gasteiger partial charge is 0.493 e. The second-order valence-corrected chi connectivity index (χ2v) is 3.80. The molecule has 0 saturated heterocycles. The van der Waals surface area contributed by atoms with Crippen LogP contribution < -0.4 is 4.74 Å². The van der Waals surface area contributed by atoms with Crippen LogP contribution in [0.3, 0.4) is 0 Å². The van der Waals surface area contributed by atoms with Crippen molar-refractivity contribution < 1.29 is 4.74 Å². The van der Waals surface area contributed by atoms with Crippen molar-refractivity contribution >= 4 is 0 Å². The highest BCUT2D eigenvalue weighted by atomic mass is 16.5. The lowest BCUT2D eigenvalue weighted by atomic mass is 10.0. The van der Waals surface area contributed by atoms with Gasteiger partial charge in [0.05, 0.1) is 6.61 Å². The van der Waals surface area contributed by atoms with Gasteiger partial charge in [0, 0.05) is 5.56 Å². The van der Waals surface area contributed by atoms with Gasteiger partial charge in [-0.3, -0.25) is 0 Å². The SMILES string of the molecule is c1ccc2c(c1)OCCCC2n1ncnn1. The number of para-hydroxylation sites is 1. The molecule has 0 N–H and O–H groups in total. The maximum atomic E-state index is 5.69. The number of nitrogens with zero attached hydrogens (tertiary/aromatic N) is 4. The van der Waals surface area contributed by atoms with Crippen molar-refractivity contribution in [1.82, 2.24) is 20.2 Å². The Morgan fingerprint density at radius 1 is 1.31 bits per heavy atom. The van der Waals surface area contributed by atoms with Crippen LogP contribution in [0, 0.1) is 0 Å². The monoisotopic (exact) mass is 216 g/mol. The van der Waals surface area contributed by atoms with Gasteiger partial charge >= 0.3 is 0 Å². The van der Waals surface area contributed by atoms with Gasteiger partial charge in [0.15, 0.2) is 6.33 Å². The molecule has 0 amide bonds. The van der Waals surface area contributed by atoms with Crippen LogP contribution in [0.2, 0.25) is 0 Å². The van der Waals surface area contributed by atoms with Crippen molar-refractivity contribution in [3.8, 4) is 5.75 Å². The van der Waals surface area contributed by atoms with Gasteiger partial charge < -0.3 is 4.74 Å². The molecular formula is C11H12N4O. The van der Waals surface area contributed by atoms with E-state index in [0.717, 1.165) is 30.8 Å². The molecule has 1 aromatic heterocycles. The summed E-state index contributed by atoms with van der Waals surface area (Å²) in [5.41, 5.74) is 1.14. The molecule has 1 aliphatic heterocycles. The summed E-state index contributed by atoms with van der Waals surface area (Å²) in [6.07, 6.45) is 3.45. The van der Waals surface area contributed by atoms with Gasteiger partial charge in [-0.05, 0) is 24.1 Å². The van der Waals surface area contributed by atoms with E-state index in [0.29, 0.717) is 0 Å². The third-order valence-electron chi connectivity index (χ3n) is 2.80. The summed E-state index contributed by atoms with van der Waals surface area (Å²) in [7, 11) is 0. The lowest BCUT2D eigenvalue weighted by Crippen LogP contribution is -2.13. The first-order chi connectivity index (χ1) is 7.95. The second-order valence-electron chi connectivity index (χ2n) is 3.80. The molecule has 5 nitrogen and oxygen atoms in total. The predicted octanol–water partition coefficient (Wildman–Crippen LogP) is 1.44. The number of benzene rings is 1. The Hall–Kier alpha value is -1.91. The van der Waals surface area contributed by atoms with Gasteiger partial charge in [0.2, 0.25) is 0 Å². The number of hydrogen-bond acceptors (Lipinski definition) is 4. The molecule has 0 radical (unpaired) electrons. The average Bonchev–Trinajstić information content (AvgIpc) is 2.76. The zero-order valence-electron chi connectivity index (χ0n) is 8.78. The average molecular weight is 216 g/mol. The summed E-state index contributed by atoms with van der Waals surface area (Å²) in [6.45, 7) is 0.752. The first-order valence-corrected chi connectivity index (χ1v) is 5.39. The molecule has 1 atom stereocenters. The minimum Gasteiger partial charge on any atom is -0.493 e. The molecule has 3 rings (SSSR count). The Bertz CT molecular complexity index is 469. The maximum Gasteiger partial charge on any atom is 0.162 e. The molecule has 2 aromatic rings. The molecule has 0 bridgehead atoms. The number of rotatable bonds is 1. The molecule has 0 spiro atoms. The molecule has 0 aliphatic carbocycles. The van der Waals surface area contributed by atoms with Gasteiger partial charge in [-0.25, -0.2) is 0 Å². The lowest BCUT2D eigenvalue weighted by Gasteiger charge is -2.14. The Morgan fingerprint density at radius 3 is 3.12 bits per heavy atom. The van der Waals surface area contributed by atoms with E-state index < -0.39 is 0 Å². The van der Waals surface area contributed by atoms with Crippen LogP contribution in [0.5, 0.6) is 5.75 Å². The summed E-state index contributed by atoms with van der Waals surface area (Å²) in [5.74, 6) is 0.933. The highest BCUT2D eigenvalue weighted by Crippen LogP contribution is 2.32. The van der Waals surface area contributed by atoms with E-state index in [1.165, 1.54) is 6.33 Å². The van der Waals surface area contributed by atoms with Crippen LogP contribution in [0.1, 0.15) is 24.4 Å². The van der Waals surface area contributed by atoms with Gasteiger partial charge in [-0.2, -0.15) is 4.80 Å². The van der Waals surface area contributed by atoms with E-state index in [4.69, 9.17) is 4.74 Å². The fraction of sp³-hybridized carbons (Fsp3) is 0.364. The molecule has 1 aliphatic rings. The normalized spacial score (nSPS) is 19.6. The van der Waals surface area contributed by atoms with Crippen molar-refractivity contribution in [2.75, 3.05) is 6.61 Å². The number of ether oxygens (including phenoxy) is 1. The van der Waals surface area contributed by atoms with Crippen LogP contribution in [0.15, 0.2) is 30.6 Å². The van der Waals surface area contributed by atoms with E-state index in [-0.39, 0.29) is 6.04 Å². The summed E-state index contributed by atoms with van der Waals surface area (Å²) >= 11 is 0. The Kier molecular flexibility index (Phi) is 2.29. The first kappa shape index (κ1) is 9.33. The Morgan fingerprint density at radius 2 is 2.25 bits per heavy atom. The molecule has 1 unspecified atom stereocenters. The number of tetrazole rings is 1. The summed E-state index contributed by atoms with van der Waals surface area (Å²) in [4.78, 5) is 1.66. The summed E-state index contributed by atoms with van der Waals surface area (Å²) < 4.78 is 5.69. The quantitative estimate of drug-likeness (QED) is 0.723. The van der Waals surface area contributed by atoms with Crippen molar-refractivity contribution in [1.29, 1.82) is 0 Å². The molecule has 1 aromatic carbocycles. The molecule has 5 heteroatoms. The first-order valence-electron chi connectivity index (χ1n) is 5.39. The van der Waals surface area contributed by atoms with Crippen LogP contribution >= 0.6 is 0 Å². The highest BCUT2D eigenvalue weighted by Gasteiger charge is 2.22. The van der Waals surface area contributed by atoms with Gasteiger partial charge in [0.25, 0.3) is 0 Å². The Balaban J connectivity index is 2.06. The van der Waals surface area contributed by atoms with Crippen LogP contribution in [-0.2, 0) is 0 Å². The van der Waals surface area contributed by atoms with E-state index >= 15 is 0 Å². The molecule has 82 valence electrons. The van der Waals surface area contributed by atoms with E-state index in [1.54, 1.807) is 4.80 Å². The van der Waals surface area contributed by atoms with Gasteiger partial charge in [-0.1, -0.05) is 18.2 Å². The van der Waals surface area contributed by atoms with Gasteiger partial charge in [-0.15, -0.1) is 10.2 Å². The molecule has 16 heavy (non-hydrogen) atoms. The fourth-order valence-electron chi connectivity index (χ4n) is 2.06. The highest BCUT2D eigenvalue weighted by molar-refractivity contribution is 5.36. The topological polar surface area (TPSA) is 52.8 Å². The van der Waals surface area contributed by atoms with Crippen molar-refractivity contribution in [2.24, 2.45) is 0 Å². The standard InChI is InChI=1S/C11H12N4O/c1-2-6-11-9(4-1)10(5-3-7-16-11)15-13-8-12-14-15/h1-2,4,6,8,10H,3,5,7H2. The maximum absolute atomic E-state index is 5.69. The second kappa shape index (κ2) is 3.92. The number of aromatic nitrogens is 4. The lowest BCUT2D eigenvalue weighted by molar-refractivity contribution is 0.314. The van der Waals surface area contributed by atoms with E-state index in [2.05, 4.69) is 21.5 Å². The van der Waals surface area contributed by atoms with Crippen LogP contribution in [-0.4, -0.2) is 26.8 Å². The van der Waals surface area contributed by atoms with Crippen LogP contribution in [0.25, 0.3) is 0 Å². The Labute approximate surface area is 93.0 Å². The molecule has 0 saturated carbocycles. The fourth-order valence-corrected chi connectivity index (χ4v) is 2.06. The minimum atomic E-state index is 0.140. The molecule has 2 heterocycles. The zero-order valence-corrected chi connectivity index (χ0v) is 8.78. The summed E-state index contributed by atoms with van der Waals surface area (Å²) in [5, 5.41) is 11.9. The van der Waals surface area contributed by atoms with Crippen LogP contribution in [0.4, 0.5) is 0 Å². The van der Waals surface area contributed by atoms with E-state index in [9.17, 15) is 0 Å². The molecule has 0 fully saturated rings. The summed E-state index contributed by atoms with van der Waals surface area (Å²) in [6, 6.07) is 8.19. The third-order valence-corrected chi connectivity index (χ3v) is 2.80. The van der Waals surface area contributed by atoms with E-state index in [1.807, 2.05) is 18.2 Å². The number of hydrogen-bond donors (Lipinski definition) is 0. The van der Waals surface area contributed by atoms with Crippen molar-refractivity contribution in [2.45, 2.75) is 18.9 Å². The smallest absolute Gasteiger partial charge is 0.162 e. The number of fused-ring (bicyclic) bond motifs is 1. The van der Waals surface area contributed by atoms with Gasteiger partial charge in [0.1, 0.15) is 11.8 Å².